The summed E-state index contributed by atoms with van der Waals surface area (Å²) in [6.45, 7) is 7.94. The minimum absolute atomic E-state index is 0.00863. The molecule has 4 heteroatoms. The number of Topliss-reactive ketones (excluding diaryl/α,β-unsaturated/α-hetero) is 1. The van der Waals surface area contributed by atoms with Crippen molar-refractivity contribution >= 4 is 5.78 Å². The largest absolute Gasteiger partial charge is 0.497 e. The number of hydrogen-bond donors (Lipinski definition) is 1. The number of methoxy groups -OCH3 is 2. The van der Waals surface area contributed by atoms with Gasteiger partial charge in [-0.25, -0.2) is 0 Å². The maximum Gasteiger partial charge on any atom is 0.183 e. The highest BCUT2D eigenvalue weighted by atomic mass is 16.5. The van der Waals surface area contributed by atoms with E-state index in [1.54, 1.807) is 32.4 Å². The average molecular weight is 265 g/mol. The predicted molar refractivity (Wildman–Crippen MR) is 76.2 cm³/mol. The molecule has 0 bridgehead atoms. The van der Waals surface area contributed by atoms with Crippen molar-refractivity contribution in [3.8, 4) is 11.5 Å². The normalized spacial score (nSPS) is 12.9. The van der Waals surface area contributed by atoms with Crippen molar-refractivity contribution < 1.29 is 14.3 Å². The Kier molecular flexibility index (Phi) is 4.95. The Hall–Kier alpha value is -1.55. The summed E-state index contributed by atoms with van der Waals surface area (Å²) in [5.41, 5.74) is 0.410. The number of hydrogen-bond acceptors (Lipinski definition) is 4. The van der Waals surface area contributed by atoms with Crippen LogP contribution in [0.5, 0.6) is 11.5 Å². The molecule has 0 aliphatic rings. The lowest BCUT2D eigenvalue weighted by Crippen LogP contribution is -2.46. The van der Waals surface area contributed by atoms with Gasteiger partial charge in [-0.2, -0.15) is 0 Å². The molecule has 0 aliphatic heterocycles. The number of nitrogens with one attached hydrogen (secondary N) is 1. The third kappa shape index (κ3) is 4.24. The first-order chi connectivity index (χ1) is 8.78. The summed E-state index contributed by atoms with van der Waals surface area (Å²) >= 11 is 0. The monoisotopic (exact) mass is 265 g/mol. The Morgan fingerprint density at radius 1 is 1.21 bits per heavy atom. The third-order valence-electron chi connectivity index (χ3n) is 2.71. The van der Waals surface area contributed by atoms with Gasteiger partial charge in [-0.1, -0.05) is 0 Å². The van der Waals surface area contributed by atoms with Gasteiger partial charge in [0, 0.05) is 5.54 Å². The molecule has 0 saturated carbocycles. The van der Waals surface area contributed by atoms with Gasteiger partial charge in [0.1, 0.15) is 11.5 Å². The quantitative estimate of drug-likeness (QED) is 0.831. The van der Waals surface area contributed by atoms with Crippen LogP contribution in [0.2, 0.25) is 0 Å². The topological polar surface area (TPSA) is 47.6 Å². The van der Waals surface area contributed by atoms with Crippen LogP contribution >= 0.6 is 0 Å². The third-order valence-corrected chi connectivity index (χ3v) is 2.71. The summed E-state index contributed by atoms with van der Waals surface area (Å²) in [4.78, 5) is 12.5. The van der Waals surface area contributed by atoms with Crippen LogP contribution < -0.4 is 14.8 Å². The zero-order valence-corrected chi connectivity index (χ0v) is 12.5. The van der Waals surface area contributed by atoms with Crippen LogP contribution in [0, 0.1) is 0 Å². The molecule has 0 amide bonds. The van der Waals surface area contributed by atoms with Crippen LogP contribution in [0.3, 0.4) is 0 Å². The lowest BCUT2D eigenvalue weighted by Gasteiger charge is -2.25. The highest BCUT2D eigenvalue weighted by Crippen LogP contribution is 2.25. The first-order valence-electron chi connectivity index (χ1n) is 6.32. The number of rotatable bonds is 5. The van der Waals surface area contributed by atoms with E-state index in [1.807, 2.05) is 27.7 Å². The van der Waals surface area contributed by atoms with E-state index in [2.05, 4.69) is 5.32 Å². The molecule has 1 N–H and O–H groups in total. The van der Waals surface area contributed by atoms with Crippen molar-refractivity contribution in [2.75, 3.05) is 14.2 Å². The standard InChI is InChI=1S/C15H23NO3/c1-10(16-15(2,3)4)14(17)12-9-11(18-5)7-8-13(12)19-6/h7-10,16H,1-6H3. The molecule has 19 heavy (non-hydrogen) atoms. The van der Waals surface area contributed by atoms with Crippen molar-refractivity contribution in [2.24, 2.45) is 0 Å². The Bertz CT molecular complexity index is 449. The van der Waals surface area contributed by atoms with E-state index in [4.69, 9.17) is 9.47 Å². The number of carbonyl (C=O) groups excluding carboxylic acids is 1. The van der Waals surface area contributed by atoms with E-state index < -0.39 is 0 Å². The molecule has 1 unspecified atom stereocenters. The number of ether oxygens (including phenoxy) is 2. The van der Waals surface area contributed by atoms with E-state index in [9.17, 15) is 4.79 Å². The van der Waals surface area contributed by atoms with Gasteiger partial charge in [0.2, 0.25) is 0 Å². The molecule has 0 aromatic heterocycles. The van der Waals surface area contributed by atoms with Gasteiger partial charge < -0.3 is 14.8 Å². The van der Waals surface area contributed by atoms with Crippen LogP contribution in [0.25, 0.3) is 0 Å². The SMILES string of the molecule is COc1ccc(OC)c(C(=O)C(C)NC(C)(C)C)c1. The molecule has 1 aromatic carbocycles. The first kappa shape index (κ1) is 15.5. The molecule has 0 aliphatic carbocycles. The molecule has 0 saturated heterocycles. The highest BCUT2D eigenvalue weighted by molar-refractivity contribution is 6.02. The highest BCUT2D eigenvalue weighted by Gasteiger charge is 2.23. The second kappa shape index (κ2) is 6.06. The van der Waals surface area contributed by atoms with Gasteiger partial charge >= 0.3 is 0 Å². The van der Waals surface area contributed by atoms with Crippen molar-refractivity contribution in [1.82, 2.24) is 5.32 Å². The van der Waals surface area contributed by atoms with E-state index in [-0.39, 0.29) is 17.4 Å². The summed E-state index contributed by atoms with van der Waals surface area (Å²) in [5, 5.41) is 3.26. The minimum atomic E-state index is -0.291. The zero-order chi connectivity index (χ0) is 14.6. The fraction of sp³-hybridized carbons (Fsp3) is 0.533. The van der Waals surface area contributed by atoms with Gasteiger partial charge in [0.15, 0.2) is 5.78 Å². The van der Waals surface area contributed by atoms with Gasteiger partial charge in [-0.05, 0) is 45.9 Å². The van der Waals surface area contributed by atoms with Gasteiger partial charge in [-0.15, -0.1) is 0 Å². The summed E-state index contributed by atoms with van der Waals surface area (Å²) in [7, 11) is 3.13. The summed E-state index contributed by atoms with van der Waals surface area (Å²) < 4.78 is 10.4. The predicted octanol–water partition coefficient (Wildman–Crippen LogP) is 2.66. The van der Waals surface area contributed by atoms with Gasteiger partial charge in [0.25, 0.3) is 0 Å². The van der Waals surface area contributed by atoms with Crippen molar-refractivity contribution in [3.63, 3.8) is 0 Å². The Morgan fingerprint density at radius 3 is 2.32 bits per heavy atom. The van der Waals surface area contributed by atoms with E-state index in [1.165, 1.54) is 0 Å². The van der Waals surface area contributed by atoms with E-state index in [0.717, 1.165) is 0 Å². The zero-order valence-electron chi connectivity index (χ0n) is 12.5. The summed E-state index contributed by atoms with van der Waals surface area (Å²) in [6.07, 6.45) is 0. The Morgan fingerprint density at radius 2 is 1.84 bits per heavy atom. The van der Waals surface area contributed by atoms with Crippen LogP contribution in [-0.4, -0.2) is 31.6 Å². The maximum atomic E-state index is 12.5. The van der Waals surface area contributed by atoms with Crippen molar-refractivity contribution in [2.45, 2.75) is 39.3 Å². The van der Waals surface area contributed by atoms with Crippen LogP contribution in [0.1, 0.15) is 38.1 Å². The molecule has 0 spiro atoms. The summed E-state index contributed by atoms with van der Waals surface area (Å²) in [6, 6.07) is 4.94. The lowest BCUT2D eigenvalue weighted by molar-refractivity contribution is 0.0932. The van der Waals surface area contributed by atoms with Crippen LogP contribution in [-0.2, 0) is 0 Å². The molecule has 0 fully saturated rings. The first-order valence-corrected chi connectivity index (χ1v) is 6.32. The van der Waals surface area contributed by atoms with Crippen LogP contribution in [0.15, 0.2) is 18.2 Å². The molecule has 0 radical (unpaired) electrons. The minimum Gasteiger partial charge on any atom is -0.497 e. The van der Waals surface area contributed by atoms with Gasteiger partial charge in [-0.3, -0.25) is 4.79 Å². The fourth-order valence-electron chi connectivity index (χ4n) is 1.95. The summed E-state index contributed by atoms with van der Waals surface area (Å²) in [5.74, 6) is 1.20. The smallest absolute Gasteiger partial charge is 0.183 e. The Labute approximate surface area is 115 Å². The van der Waals surface area contributed by atoms with Crippen molar-refractivity contribution in [1.29, 1.82) is 0 Å². The molecule has 4 nitrogen and oxygen atoms in total. The molecular weight excluding hydrogens is 242 g/mol. The second-order valence-electron chi connectivity index (χ2n) is 5.55. The number of carbonyl (C=O) groups is 1. The Balaban J connectivity index is 3.03. The number of benzene rings is 1. The van der Waals surface area contributed by atoms with Crippen molar-refractivity contribution in [3.05, 3.63) is 23.8 Å². The maximum absolute atomic E-state index is 12.5. The van der Waals surface area contributed by atoms with E-state index in [0.29, 0.717) is 17.1 Å². The lowest BCUT2D eigenvalue weighted by atomic mass is 10.0. The molecule has 1 aromatic rings. The van der Waals surface area contributed by atoms with E-state index >= 15 is 0 Å². The second-order valence-corrected chi connectivity index (χ2v) is 5.55. The number of ketones is 1. The molecular formula is C15H23NO3. The average Bonchev–Trinajstić information content (AvgIpc) is 2.35. The molecule has 106 valence electrons. The fourth-order valence-corrected chi connectivity index (χ4v) is 1.95. The molecule has 1 atom stereocenters. The van der Waals surface area contributed by atoms with Crippen LogP contribution in [0.4, 0.5) is 0 Å². The van der Waals surface area contributed by atoms with Gasteiger partial charge in [0.05, 0.1) is 25.8 Å². The molecule has 1 rings (SSSR count). The molecule has 0 heterocycles.